The third kappa shape index (κ3) is 4.53. The summed E-state index contributed by atoms with van der Waals surface area (Å²) in [4.78, 5) is 20.3. The molecule has 23 heavy (non-hydrogen) atoms. The van der Waals surface area contributed by atoms with Crippen LogP contribution in [0.15, 0.2) is 18.7 Å². The summed E-state index contributed by atoms with van der Waals surface area (Å²) in [5, 5.41) is 10.7. The maximum absolute atomic E-state index is 12.3. The summed E-state index contributed by atoms with van der Waals surface area (Å²) in [6, 6.07) is 0. The quantitative estimate of drug-likeness (QED) is 0.796. The van der Waals surface area contributed by atoms with Crippen molar-refractivity contribution in [3.05, 3.63) is 18.7 Å². The number of imidazole rings is 1. The molecule has 0 aliphatic carbocycles. The van der Waals surface area contributed by atoms with Gasteiger partial charge < -0.3 is 19.3 Å². The highest BCUT2D eigenvalue weighted by molar-refractivity contribution is 5.76. The van der Waals surface area contributed by atoms with Gasteiger partial charge in [-0.1, -0.05) is 0 Å². The molecule has 1 amide bonds. The van der Waals surface area contributed by atoms with E-state index in [-0.39, 0.29) is 5.91 Å². The molecular formula is C16H26N4O3. The minimum absolute atomic E-state index is 0.142. The second-order valence-electron chi connectivity index (χ2n) is 6.58. The lowest BCUT2D eigenvalue weighted by Crippen LogP contribution is -2.49. The van der Waals surface area contributed by atoms with Gasteiger partial charge in [-0.2, -0.15) is 0 Å². The topological polar surface area (TPSA) is 70.8 Å². The number of aromatic nitrogens is 2. The lowest BCUT2D eigenvalue weighted by atomic mass is 10.0. The highest BCUT2D eigenvalue weighted by atomic mass is 16.5. The predicted molar refractivity (Wildman–Crippen MR) is 84.9 cm³/mol. The Kier molecular flexibility index (Phi) is 5.30. The summed E-state index contributed by atoms with van der Waals surface area (Å²) in [6.45, 7) is 5.73. The van der Waals surface area contributed by atoms with Gasteiger partial charge in [-0.05, 0) is 12.8 Å². The van der Waals surface area contributed by atoms with Crippen LogP contribution in [0.4, 0.5) is 0 Å². The van der Waals surface area contributed by atoms with Gasteiger partial charge in [0.25, 0.3) is 0 Å². The molecule has 1 aromatic rings. The third-order valence-electron chi connectivity index (χ3n) is 4.67. The molecule has 2 saturated heterocycles. The van der Waals surface area contributed by atoms with E-state index in [0.717, 1.165) is 39.3 Å². The van der Waals surface area contributed by atoms with E-state index in [1.807, 2.05) is 15.7 Å². The first-order valence-corrected chi connectivity index (χ1v) is 8.41. The van der Waals surface area contributed by atoms with Crippen LogP contribution in [0.25, 0.3) is 0 Å². The monoisotopic (exact) mass is 322 g/mol. The van der Waals surface area contributed by atoms with Gasteiger partial charge in [-0.3, -0.25) is 9.69 Å². The van der Waals surface area contributed by atoms with Crippen molar-refractivity contribution in [2.75, 3.05) is 45.9 Å². The number of aliphatic hydroxyl groups is 1. The molecule has 0 saturated carbocycles. The minimum Gasteiger partial charge on any atom is -0.387 e. The van der Waals surface area contributed by atoms with Crippen molar-refractivity contribution in [3.8, 4) is 0 Å². The molecule has 2 fully saturated rings. The zero-order valence-corrected chi connectivity index (χ0v) is 13.6. The number of β-amino-alcohol motifs (C(OH)–C–C–N with tert-alkyl or cyclic N) is 1. The van der Waals surface area contributed by atoms with E-state index in [2.05, 4.69) is 9.88 Å². The van der Waals surface area contributed by atoms with Crippen LogP contribution in [0.1, 0.15) is 19.3 Å². The Morgan fingerprint density at radius 2 is 2.13 bits per heavy atom. The molecule has 0 spiro atoms. The number of morpholine rings is 1. The van der Waals surface area contributed by atoms with Gasteiger partial charge in [0, 0.05) is 51.5 Å². The fourth-order valence-electron chi connectivity index (χ4n) is 3.36. The van der Waals surface area contributed by atoms with E-state index in [1.54, 1.807) is 12.5 Å². The molecular weight excluding hydrogens is 296 g/mol. The molecule has 0 aromatic carbocycles. The molecule has 0 radical (unpaired) electrons. The number of nitrogens with zero attached hydrogens (tertiary/aromatic N) is 4. The first-order chi connectivity index (χ1) is 11.1. The average molecular weight is 322 g/mol. The van der Waals surface area contributed by atoms with E-state index in [1.165, 1.54) is 0 Å². The number of hydrogen-bond donors (Lipinski definition) is 1. The Bertz CT molecular complexity index is 501. The van der Waals surface area contributed by atoms with E-state index >= 15 is 0 Å². The summed E-state index contributed by atoms with van der Waals surface area (Å²) < 4.78 is 7.32. The molecule has 7 heteroatoms. The van der Waals surface area contributed by atoms with Crippen LogP contribution in [0.3, 0.4) is 0 Å². The van der Waals surface area contributed by atoms with Gasteiger partial charge in [0.05, 0.1) is 31.7 Å². The maximum atomic E-state index is 12.3. The normalized spacial score (nSPS) is 25.9. The van der Waals surface area contributed by atoms with Crippen molar-refractivity contribution in [1.29, 1.82) is 0 Å². The van der Waals surface area contributed by atoms with E-state index in [0.29, 0.717) is 32.5 Å². The molecule has 3 heterocycles. The van der Waals surface area contributed by atoms with Gasteiger partial charge in [0.2, 0.25) is 5.91 Å². The molecule has 3 rings (SSSR count). The first kappa shape index (κ1) is 16.4. The number of hydrogen-bond acceptors (Lipinski definition) is 5. The molecule has 2 aliphatic rings. The van der Waals surface area contributed by atoms with Crippen LogP contribution in [0.5, 0.6) is 0 Å². The second-order valence-corrected chi connectivity index (χ2v) is 6.58. The Balaban J connectivity index is 1.41. The third-order valence-corrected chi connectivity index (χ3v) is 4.67. The van der Waals surface area contributed by atoms with Gasteiger partial charge in [0.1, 0.15) is 0 Å². The van der Waals surface area contributed by atoms with Crippen molar-refractivity contribution in [2.24, 2.45) is 0 Å². The molecule has 7 nitrogen and oxygen atoms in total. The van der Waals surface area contributed by atoms with Crippen LogP contribution < -0.4 is 0 Å². The number of ether oxygens (including phenoxy) is 1. The van der Waals surface area contributed by atoms with Crippen molar-refractivity contribution in [1.82, 2.24) is 19.4 Å². The number of likely N-dealkylation sites (tertiary alicyclic amines) is 1. The zero-order valence-electron chi connectivity index (χ0n) is 13.6. The number of rotatable bonds is 6. The number of amides is 1. The molecule has 0 bridgehead atoms. The SMILES string of the molecule is O=C(CCCn1ccnc1)N1CC[C@@](O)(CN2CCOCC2)C1. The lowest BCUT2D eigenvalue weighted by molar-refractivity contribution is -0.131. The van der Waals surface area contributed by atoms with Gasteiger partial charge in [-0.25, -0.2) is 4.98 Å². The van der Waals surface area contributed by atoms with Crippen molar-refractivity contribution < 1.29 is 14.6 Å². The van der Waals surface area contributed by atoms with Crippen LogP contribution in [-0.4, -0.2) is 81.9 Å². The van der Waals surface area contributed by atoms with Crippen molar-refractivity contribution in [2.45, 2.75) is 31.4 Å². The Morgan fingerprint density at radius 1 is 1.30 bits per heavy atom. The smallest absolute Gasteiger partial charge is 0.222 e. The van der Waals surface area contributed by atoms with Gasteiger partial charge in [-0.15, -0.1) is 0 Å². The number of carbonyl (C=O) groups excluding carboxylic acids is 1. The summed E-state index contributed by atoms with van der Waals surface area (Å²) in [5.74, 6) is 0.142. The highest BCUT2D eigenvalue weighted by Gasteiger charge is 2.39. The molecule has 128 valence electrons. The molecule has 1 aromatic heterocycles. The number of carbonyl (C=O) groups is 1. The fourth-order valence-corrected chi connectivity index (χ4v) is 3.36. The molecule has 1 atom stereocenters. The second kappa shape index (κ2) is 7.42. The highest BCUT2D eigenvalue weighted by Crippen LogP contribution is 2.23. The Labute approximate surface area is 136 Å². The fraction of sp³-hybridized carbons (Fsp3) is 0.750. The van der Waals surface area contributed by atoms with Crippen LogP contribution in [-0.2, 0) is 16.1 Å². The molecule has 1 N–H and O–H groups in total. The van der Waals surface area contributed by atoms with E-state index < -0.39 is 5.60 Å². The van der Waals surface area contributed by atoms with Crippen molar-refractivity contribution >= 4 is 5.91 Å². The van der Waals surface area contributed by atoms with E-state index in [9.17, 15) is 9.90 Å². The standard InChI is InChI=1S/C16H26N4O3/c21-15(2-1-5-19-7-4-17-14-19)20-6-3-16(22,13-20)12-18-8-10-23-11-9-18/h4,7,14,22H,1-3,5-6,8-13H2/t16-/m1/s1. The average Bonchev–Trinajstić information content (AvgIpc) is 3.18. The number of aryl methyl sites for hydroxylation is 1. The molecule has 2 aliphatic heterocycles. The minimum atomic E-state index is -0.767. The lowest BCUT2D eigenvalue weighted by Gasteiger charge is -2.33. The van der Waals surface area contributed by atoms with Crippen molar-refractivity contribution in [3.63, 3.8) is 0 Å². The zero-order chi connectivity index (χ0) is 16.1. The van der Waals surface area contributed by atoms with Gasteiger partial charge in [0.15, 0.2) is 0 Å². The van der Waals surface area contributed by atoms with E-state index in [4.69, 9.17) is 4.74 Å². The van der Waals surface area contributed by atoms with Crippen LogP contribution in [0, 0.1) is 0 Å². The maximum Gasteiger partial charge on any atom is 0.222 e. The summed E-state index contributed by atoms with van der Waals surface area (Å²) in [7, 11) is 0. The molecule has 0 unspecified atom stereocenters. The summed E-state index contributed by atoms with van der Waals surface area (Å²) >= 11 is 0. The van der Waals surface area contributed by atoms with Crippen LogP contribution in [0.2, 0.25) is 0 Å². The largest absolute Gasteiger partial charge is 0.387 e. The van der Waals surface area contributed by atoms with Gasteiger partial charge >= 0.3 is 0 Å². The first-order valence-electron chi connectivity index (χ1n) is 8.41. The Hall–Kier alpha value is -1.44. The summed E-state index contributed by atoms with van der Waals surface area (Å²) in [6.07, 6.45) is 7.40. The van der Waals surface area contributed by atoms with Crippen LogP contribution >= 0.6 is 0 Å². The Morgan fingerprint density at radius 3 is 2.87 bits per heavy atom. The predicted octanol–water partition coefficient (Wildman–Crippen LogP) is -0.0411. The summed E-state index contributed by atoms with van der Waals surface area (Å²) in [5.41, 5.74) is -0.767.